The lowest BCUT2D eigenvalue weighted by Crippen LogP contribution is -2.02. The molecular weight excluding hydrogens is 380 g/mol. The highest BCUT2D eigenvalue weighted by atomic mass is 32.2. The van der Waals surface area contributed by atoms with Crippen LogP contribution >= 0.6 is 10.5 Å². The predicted octanol–water partition coefficient (Wildman–Crippen LogP) is 7.59. The molecule has 26 heavy (non-hydrogen) atoms. The molecule has 3 aromatic rings. The molecule has 0 aliphatic rings. The molecule has 3 rings (SSSR count). The molecule has 0 N–H and O–H groups in total. The molecule has 0 saturated heterocycles. The lowest BCUT2D eigenvalue weighted by atomic mass is 10.1. The molecule has 0 spiro atoms. The van der Waals surface area contributed by atoms with Gasteiger partial charge in [0.05, 0.1) is 0 Å². The second-order valence-electron chi connectivity index (χ2n) is 5.35. The summed E-state index contributed by atoms with van der Waals surface area (Å²) in [6.07, 6.45) is 0.813. The third kappa shape index (κ3) is 5.23. The molecule has 9 heteroatoms. The number of hydrogen-bond acceptors (Lipinski definition) is 0. The second kappa shape index (κ2) is 7.69. The standard InChI is InChI=1S/C17H14F3S.BF4/c1-2-12-6-5-8-13(10-12)16-11-14-7-3-4-9-15(14)21(16)17(18,19)20;2-1(3,4)5/h3-11H,2H2,1H3;/q+1;-1. The van der Waals surface area contributed by atoms with Gasteiger partial charge in [0.15, 0.2) is 9.58 Å². The largest absolute Gasteiger partial charge is 0.673 e. The van der Waals surface area contributed by atoms with Gasteiger partial charge in [-0.15, -0.1) is 13.2 Å². The summed E-state index contributed by atoms with van der Waals surface area (Å²) < 4.78 is 80.0. The second-order valence-corrected chi connectivity index (χ2v) is 7.30. The number of thiophene rings is 1. The van der Waals surface area contributed by atoms with Crippen molar-refractivity contribution in [3.8, 4) is 10.4 Å². The summed E-state index contributed by atoms with van der Waals surface area (Å²) in [5, 5.41) is 0.676. The van der Waals surface area contributed by atoms with Gasteiger partial charge in [0.25, 0.3) is 0 Å². The summed E-state index contributed by atoms with van der Waals surface area (Å²) in [4.78, 5) is 0.374. The Morgan fingerprint density at radius 1 is 0.885 bits per heavy atom. The smallest absolute Gasteiger partial charge is 0.418 e. The Kier molecular flexibility index (Phi) is 6.00. The van der Waals surface area contributed by atoms with Gasteiger partial charge in [-0.3, -0.25) is 0 Å². The molecular formula is C17H14BF7S. The quantitative estimate of drug-likeness (QED) is 0.239. The highest BCUT2D eigenvalue weighted by Gasteiger charge is 2.48. The first-order valence-corrected chi connectivity index (χ1v) is 8.81. The maximum atomic E-state index is 13.5. The molecule has 140 valence electrons. The van der Waals surface area contributed by atoms with Crippen molar-refractivity contribution in [1.82, 2.24) is 0 Å². The summed E-state index contributed by atoms with van der Waals surface area (Å²) in [7, 11) is -7.86. The van der Waals surface area contributed by atoms with Crippen molar-refractivity contribution in [3.63, 3.8) is 0 Å². The van der Waals surface area contributed by atoms with E-state index in [1.807, 2.05) is 25.1 Å². The minimum Gasteiger partial charge on any atom is -0.418 e. The van der Waals surface area contributed by atoms with Crippen molar-refractivity contribution in [2.24, 2.45) is 0 Å². The van der Waals surface area contributed by atoms with Crippen molar-refractivity contribution in [2.45, 2.75) is 18.9 Å². The molecule has 0 radical (unpaired) electrons. The van der Waals surface area contributed by atoms with Crippen LogP contribution in [0.15, 0.2) is 54.6 Å². The van der Waals surface area contributed by atoms with Crippen molar-refractivity contribution in [1.29, 1.82) is 0 Å². The van der Waals surface area contributed by atoms with Crippen LogP contribution in [0.4, 0.5) is 30.4 Å². The summed E-state index contributed by atoms with van der Waals surface area (Å²) in [6.45, 7) is 2.00. The van der Waals surface area contributed by atoms with Gasteiger partial charge in [0.1, 0.15) is 10.5 Å². The van der Waals surface area contributed by atoms with E-state index >= 15 is 0 Å². The van der Waals surface area contributed by atoms with E-state index in [1.165, 1.54) is 0 Å². The number of halogens is 7. The SMILES string of the molecule is CCc1cccc(-c2cc3ccccc3[s+]2C(F)(F)F)c1.F[B-](F)(F)F. The van der Waals surface area contributed by atoms with Gasteiger partial charge in [0, 0.05) is 17.0 Å². The van der Waals surface area contributed by atoms with Crippen LogP contribution in [0.25, 0.3) is 20.5 Å². The zero-order valence-electron chi connectivity index (χ0n) is 13.5. The summed E-state index contributed by atoms with van der Waals surface area (Å²) >= 11 is 0. The van der Waals surface area contributed by atoms with Crippen LogP contribution < -0.4 is 0 Å². The van der Waals surface area contributed by atoms with E-state index in [-0.39, 0.29) is 0 Å². The maximum Gasteiger partial charge on any atom is 0.673 e. The first kappa shape index (κ1) is 20.3. The number of benzene rings is 2. The topological polar surface area (TPSA) is 0 Å². The molecule has 2 aromatic carbocycles. The van der Waals surface area contributed by atoms with E-state index in [0.29, 0.717) is 20.5 Å². The van der Waals surface area contributed by atoms with Gasteiger partial charge < -0.3 is 17.3 Å². The number of aryl methyl sites for hydroxylation is 1. The Hall–Kier alpha value is -2.03. The number of fused-ring (bicyclic) bond motifs is 1. The fraction of sp³-hybridized carbons (Fsp3) is 0.176. The Labute approximate surface area is 148 Å². The molecule has 1 aromatic heterocycles. The Balaban J connectivity index is 0.000000431. The molecule has 0 aliphatic heterocycles. The first-order valence-electron chi connectivity index (χ1n) is 7.59. The van der Waals surface area contributed by atoms with Crippen LogP contribution in [0.2, 0.25) is 0 Å². The third-order valence-electron chi connectivity index (χ3n) is 3.50. The van der Waals surface area contributed by atoms with E-state index in [4.69, 9.17) is 0 Å². The average molecular weight is 394 g/mol. The number of alkyl halides is 3. The normalized spacial score (nSPS) is 12.7. The fourth-order valence-electron chi connectivity index (χ4n) is 2.50. The van der Waals surface area contributed by atoms with E-state index in [9.17, 15) is 30.4 Å². The third-order valence-corrected chi connectivity index (χ3v) is 5.56. The average Bonchev–Trinajstić information content (AvgIpc) is 2.93. The minimum atomic E-state index is -6.00. The monoisotopic (exact) mass is 394 g/mol. The molecule has 0 fully saturated rings. The van der Waals surface area contributed by atoms with E-state index in [0.717, 1.165) is 12.0 Å². The van der Waals surface area contributed by atoms with E-state index in [2.05, 4.69) is 0 Å². The van der Waals surface area contributed by atoms with Gasteiger partial charge in [-0.25, -0.2) is 0 Å². The van der Waals surface area contributed by atoms with Crippen LogP contribution in [0, 0.1) is 0 Å². The fourth-order valence-corrected chi connectivity index (χ4v) is 4.42. The van der Waals surface area contributed by atoms with Crippen molar-refractivity contribution in [3.05, 3.63) is 60.2 Å². The Bertz CT molecular complexity index is 875. The van der Waals surface area contributed by atoms with E-state index in [1.54, 1.807) is 36.4 Å². The van der Waals surface area contributed by atoms with Gasteiger partial charge in [-0.1, -0.05) is 31.2 Å². The maximum absolute atomic E-state index is 13.5. The molecule has 0 saturated carbocycles. The first-order chi connectivity index (χ1) is 12.0. The zero-order valence-corrected chi connectivity index (χ0v) is 14.4. The minimum absolute atomic E-state index is 0.374. The summed E-state index contributed by atoms with van der Waals surface area (Å²) in [5.41, 5.74) is -2.53. The zero-order chi connectivity index (χ0) is 19.5. The van der Waals surface area contributed by atoms with Gasteiger partial charge in [-0.2, -0.15) is 0 Å². The lowest BCUT2D eigenvalue weighted by molar-refractivity contribution is -0.0864. The summed E-state index contributed by atoms with van der Waals surface area (Å²) in [5.74, 6) is 0. The van der Waals surface area contributed by atoms with Crippen molar-refractivity contribution >= 4 is 27.8 Å². The van der Waals surface area contributed by atoms with Crippen LogP contribution in [0.3, 0.4) is 0 Å². The molecule has 0 aliphatic carbocycles. The van der Waals surface area contributed by atoms with Crippen LogP contribution in [-0.4, -0.2) is 7.25 Å². The highest BCUT2D eigenvalue weighted by Crippen LogP contribution is 2.54. The van der Waals surface area contributed by atoms with Crippen LogP contribution in [0.5, 0.6) is 0 Å². The predicted molar refractivity (Wildman–Crippen MR) is 92.7 cm³/mol. The molecule has 0 nitrogen and oxygen atoms in total. The number of hydrogen-bond donors (Lipinski definition) is 0. The number of rotatable bonds is 2. The van der Waals surface area contributed by atoms with Crippen LogP contribution in [0.1, 0.15) is 12.5 Å². The van der Waals surface area contributed by atoms with Crippen molar-refractivity contribution < 1.29 is 30.4 Å². The van der Waals surface area contributed by atoms with Gasteiger partial charge >= 0.3 is 12.8 Å². The highest BCUT2D eigenvalue weighted by molar-refractivity contribution is 7.41. The Morgan fingerprint density at radius 3 is 2.08 bits per heavy atom. The molecule has 0 bridgehead atoms. The van der Waals surface area contributed by atoms with Gasteiger partial charge in [0.2, 0.25) is 0 Å². The van der Waals surface area contributed by atoms with Crippen molar-refractivity contribution in [2.75, 3.05) is 0 Å². The Morgan fingerprint density at radius 2 is 1.50 bits per heavy atom. The van der Waals surface area contributed by atoms with E-state index < -0.39 is 23.2 Å². The molecule has 1 heterocycles. The van der Waals surface area contributed by atoms with Crippen LogP contribution in [-0.2, 0) is 11.9 Å². The lowest BCUT2D eigenvalue weighted by Gasteiger charge is -2.02. The summed E-state index contributed by atoms with van der Waals surface area (Å²) in [6, 6.07) is 15.9. The molecule has 1 unspecified atom stereocenters. The van der Waals surface area contributed by atoms with Gasteiger partial charge in [-0.05, 0) is 36.2 Å². The molecule has 1 atom stereocenters. The molecule has 0 amide bonds.